The lowest BCUT2D eigenvalue weighted by Crippen LogP contribution is -2.35. The lowest BCUT2D eigenvalue weighted by Gasteiger charge is -2.24. The Morgan fingerprint density at radius 3 is 2.80 bits per heavy atom. The number of nitrogens with zero attached hydrogens (tertiary/aromatic N) is 2. The predicted octanol–water partition coefficient (Wildman–Crippen LogP) is -0.765. The highest BCUT2D eigenvalue weighted by Gasteiger charge is 2.55. The van der Waals surface area contributed by atoms with Gasteiger partial charge in [0.05, 0.1) is 6.61 Å². The predicted molar refractivity (Wildman–Crippen MR) is 67.7 cm³/mol. The summed E-state index contributed by atoms with van der Waals surface area (Å²) in [5, 5.41) is 9.38. The van der Waals surface area contributed by atoms with E-state index in [1.807, 2.05) is 0 Å². The third kappa shape index (κ3) is 2.10. The van der Waals surface area contributed by atoms with Gasteiger partial charge < -0.3 is 25.1 Å². The first-order chi connectivity index (χ1) is 9.41. The number of aromatic nitrogens is 2. The molecule has 110 valence electrons. The maximum absolute atomic E-state index is 11.9. The maximum Gasteiger partial charge on any atom is 0.351 e. The number of nitrogen functional groups attached to an aromatic ring is 1. The van der Waals surface area contributed by atoms with E-state index in [1.54, 1.807) is 13.8 Å². The number of fused-ring (bicyclic) bond motifs is 1. The van der Waals surface area contributed by atoms with Crippen LogP contribution in [0.2, 0.25) is 0 Å². The Bertz CT molecular complexity index is 572. The fourth-order valence-electron chi connectivity index (χ4n) is 2.65. The van der Waals surface area contributed by atoms with E-state index in [4.69, 9.17) is 19.9 Å². The van der Waals surface area contributed by atoms with Gasteiger partial charge in [-0.15, -0.1) is 0 Å². The summed E-state index contributed by atoms with van der Waals surface area (Å²) in [6, 6.07) is 1.51. The van der Waals surface area contributed by atoms with Crippen LogP contribution in [0.25, 0.3) is 0 Å². The maximum atomic E-state index is 11.9. The van der Waals surface area contributed by atoms with Crippen molar-refractivity contribution in [2.75, 3.05) is 12.3 Å². The summed E-state index contributed by atoms with van der Waals surface area (Å²) in [7, 11) is 0. The summed E-state index contributed by atoms with van der Waals surface area (Å²) in [4.78, 5) is 15.6. The Balaban J connectivity index is 1.96. The zero-order valence-corrected chi connectivity index (χ0v) is 11.2. The van der Waals surface area contributed by atoms with Crippen molar-refractivity contribution in [3.63, 3.8) is 0 Å². The molecule has 8 heteroatoms. The van der Waals surface area contributed by atoms with Crippen LogP contribution >= 0.6 is 0 Å². The van der Waals surface area contributed by atoms with Crippen LogP contribution in [0.5, 0.6) is 0 Å². The molecule has 20 heavy (non-hydrogen) atoms. The van der Waals surface area contributed by atoms with Gasteiger partial charge in [0, 0.05) is 6.20 Å². The molecule has 0 radical (unpaired) electrons. The van der Waals surface area contributed by atoms with Crippen molar-refractivity contribution in [1.82, 2.24) is 9.55 Å². The monoisotopic (exact) mass is 283 g/mol. The van der Waals surface area contributed by atoms with Gasteiger partial charge in [-0.2, -0.15) is 4.98 Å². The molecule has 2 fully saturated rings. The van der Waals surface area contributed by atoms with Gasteiger partial charge in [0.2, 0.25) is 0 Å². The smallest absolute Gasteiger partial charge is 0.351 e. The normalized spacial score (nSPS) is 35.1. The fourth-order valence-corrected chi connectivity index (χ4v) is 2.65. The van der Waals surface area contributed by atoms with Gasteiger partial charge in [0.1, 0.15) is 24.1 Å². The molecule has 4 atom stereocenters. The number of nitrogens with two attached hydrogens (primary N) is 1. The van der Waals surface area contributed by atoms with Gasteiger partial charge >= 0.3 is 5.69 Å². The van der Waals surface area contributed by atoms with Gasteiger partial charge in [0.15, 0.2) is 12.0 Å². The Morgan fingerprint density at radius 2 is 2.15 bits per heavy atom. The number of hydrogen-bond acceptors (Lipinski definition) is 7. The molecular weight excluding hydrogens is 266 g/mol. The van der Waals surface area contributed by atoms with Crippen molar-refractivity contribution >= 4 is 5.82 Å². The molecule has 2 saturated heterocycles. The van der Waals surface area contributed by atoms with Crippen molar-refractivity contribution in [2.45, 2.75) is 44.2 Å². The van der Waals surface area contributed by atoms with Crippen molar-refractivity contribution in [3.8, 4) is 0 Å². The van der Waals surface area contributed by atoms with Crippen LogP contribution in [0, 0.1) is 0 Å². The van der Waals surface area contributed by atoms with E-state index >= 15 is 0 Å². The van der Waals surface area contributed by atoms with Crippen molar-refractivity contribution in [1.29, 1.82) is 0 Å². The number of anilines is 1. The first-order valence-electron chi connectivity index (χ1n) is 6.38. The summed E-state index contributed by atoms with van der Waals surface area (Å²) < 4.78 is 18.5. The number of aliphatic hydroxyl groups excluding tert-OH is 1. The summed E-state index contributed by atoms with van der Waals surface area (Å²) in [5.41, 5.74) is 4.94. The van der Waals surface area contributed by atoms with Crippen LogP contribution in [0.4, 0.5) is 5.82 Å². The van der Waals surface area contributed by atoms with Gasteiger partial charge in [0.25, 0.3) is 0 Å². The van der Waals surface area contributed by atoms with Crippen molar-refractivity contribution in [2.24, 2.45) is 0 Å². The number of ether oxygens (including phenoxy) is 3. The van der Waals surface area contributed by atoms with Crippen LogP contribution in [0.1, 0.15) is 20.1 Å². The van der Waals surface area contributed by atoms with Crippen LogP contribution in [-0.2, 0) is 14.2 Å². The number of hydrogen-bond donors (Lipinski definition) is 2. The lowest BCUT2D eigenvalue weighted by molar-refractivity contribution is -0.200. The minimum atomic E-state index is -0.782. The Labute approximate surface area is 115 Å². The molecule has 3 heterocycles. The molecule has 4 unspecified atom stereocenters. The molecule has 0 amide bonds. The topological polar surface area (TPSA) is 109 Å². The van der Waals surface area contributed by atoms with Crippen LogP contribution in [0.15, 0.2) is 17.1 Å². The Hall–Kier alpha value is -1.48. The molecule has 3 N–H and O–H groups in total. The quantitative estimate of drug-likeness (QED) is 0.734. The van der Waals surface area contributed by atoms with E-state index in [9.17, 15) is 9.90 Å². The highest BCUT2D eigenvalue weighted by molar-refractivity contribution is 5.23. The van der Waals surface area contributed by atoms with Crippen LogP contribution < -0.4 is 11.4 Å². The van der Waals surface area contributed by atoms with Crippen molar-refractivity contribution in [3.05, 3.63) is 22.7 Å². The van der Waals surface area contributed by atoms with Gasteiger partial charge in [-0.1, -0.05) is 0 Å². The first-order valence-corrected chi connectivity index (χ1v) is 6.38. The molecule has 0 spiro atoms. The van der Waals surface area contributed by atoms with Crippen molar-refractivity contribution < 1.29 is 19.3 Å². The van der Waals surface area contributed by atoms with Gasteiger partial charge in [-0.25, -0.2) is 4.79 Å². The summed E-state index contributed by atoms with van der Waals surface area (Å²) >= 11 is 0. The second-order valence-corrected chi connectivity index (χ2v) is 5.35. The van der Waals surface area contributed by atoms with Crippen LogP contribution in [0.3, 0.4) is 0 Å². The van der Waals surface area contributed by atoms with E-state index in [0.29, 0.717) is 0 Å². The Kier molecular flexibility index (Phi) is 3.05. The van der Waals surface area contributed by atoms with Crippen LogP contribution in [-0.4, -0.2) is 45.4 Å². The Morgan fingerprint density at radius 1 is 1.45 bits per heavy atom. The zero-order valence-electron chi connectivity index (χ0n) is 11.2. The molecule has 0 aliphatic carbocycles. The molecule has 2 aliphatic heterocycles. The van der Waals surface area contributed by atoms with Gasteiger partial charge in [-0.05, 0) is 19.9 Å². The SMILES string of the molecule is CC1(C)OC2C(CO)OC(n3ccc(N)nc3=O)C2O1. The molecule has 8 nitrogen and oxygen atoms in total. The van der Waals surface area contributed by atoms with E-state index < -0.39 is 36.0 Å². The highest BCUT2D eigenvalue weighted by atomic mass is 16.8. The lowest BCUT2D eigenvalue weighted by atomic mass is 10.1. The molecule has 0 saturated carbocycles. The minimum Gasteiger partial charge on any atom is -0.394 e. The largest absolute Gasteiger partial charge is 0.394 e. The minimum absolute atomic E-state index is 0.142. The molecular formula is C12H17N3O5. The van der Waals surface area contributed by atoms with E-state index in [-0.39, 0.29) is 12.4 Å². The molecule has 3 rings (SSSR count). The second kappa shape index (κ2) is 4.52. The first kappa shape index (κ1) is 13.5. The molecule has 1 aromatic rings. The summed E-state index contributed by atoms with van der Waals surface area (Å²) in [6.07, 6.45) is -0.647. The summed E-state index contributed by atoms with van der Waals surface area (Å²) in [5.74, 6) is -0.640. The third-order valence-electron chi connectivity index (χ3n) is 3.43. The third-order valence-corrected chi connectivity index (χ3v) is 3.43. The number of rotatable bonds is 2. The standard InChI is InChI=1S/C12H17N3O5/c1-12(2)19-8-6(5-16)18-10(9(8)20-12)15-4-3-7(13)14-11(15)17/h3-4,6,8-10,16H,5H2,1-2H3,(H2,13,14,17). The van der Waals surface area contributed by atoms with Gasteiger partial charge in [-0.3, -0.25) is 4.57 Å². The summed E-state index contributed by atoms with van der Waals surface area (Å²) in [6.45, 7) is 3.34. The van der Waals surface area contributed by atoms with E-state index in [1.165, 1.54) is 16.8 Å². The highest BCUT2D eigenvalue weighted by Crippen LogP contribution is 2.42. The number of aliphatic hydroxyl groups is 1. The zero-order chi connectivity index (χ0) is 14.5. The molecule has 0 bridgehead atoms. The molecule has 2 aliphatic rings. The molecule has 0 aromatic carbocycles. The second-order valence-electron chi connectivity index (χ2n) is 5.35. The average molecular weight is 283 g/mol. The average Bonchev–Trinajstić information content (AvgIpc) is 2.83. The van der Waals surface area contributed by atoms with E-state index in [0.717, 1.165) is 0 Å². The van der Waals surface area contributed by atoms with E-state index in [2.05, 4.69) is 4.98 Å². The fraction of sp³-hybridized carbons (Fsp3) is 0.667. The molecule has 1 aromatic heterocycles.